The summed E-state index contributed by atoms with van der Waals surface area (Å²) in [5.74, 6) is 0.843. The molecule has 0 amide bonds. The number of benzene rings is 1. The van der Waals surface area contributed by atoms with Crippen molar-refractivity contribution < 1.29 is 14.6 Å². The van der Waals surface area contributed by atoms with Crippen molar-refractivity contribution in [1.29, 1.82) is 0 Å². The summed E-state index contributed by atoms with van der Waals surface area (Å²) in [6.07, 6.45) is 1.52. The molecule has 1 saturated heterocycles. The van der Waals surface area contributed by atoms with Crippen LogP contribution >= 0.6 is 0 Å². The Morgan fingerprint density at radius 2 is 1.89 bits per heavy atom. The Hall–Kier alpha value is -1.10. The zero-order valence-electron chi connectivity index (χ0n) is 10.8. The van der Waals surface area contributed by atoms with Crippen LogP contribution in [0.1, 0.15) is 18.4 Å². The van der Waals surface area contributed by atoms with E-state index in [2.05, 4.69) is 5.32 Å². The Morgan fingerprint density at radius 1 is 1.22 bits per heavy atom. The van der Waals surface area contributed by atoms with Crippen LogP contribution in [0.2, 0.25) is 0 Å². The third kappa shape index (κ3) is 3.70. The van der Waals surface area contributed by atoms with Crippen molar-refractivity contribution in [2.45, 2.75) is 25.0 Å². The van der Waals surface area contributed by atoms with Gasteiger partial charge in [0.15, 0.2) is 0 Å². The van der Waals surface area contributed by atoms with Gasteiger partial charge in [-0.15, -0.1) is 0 Å². The summed E-state index contributed by atoms with van der Waals surface area (Å²) in [5.41, 5.74) is 0.436. The van der Waals surface area contributed by atoms with E-state index in [1.54, 1.807) is 7.11 Å². The maximum absolute atomic E-state index is 10.2. The van der Waals surface area contributed by atoms with Crippen molar-refractivity contribution in [2.75, 3.05) is 26.8 Å². The largest absolute Gasteiger partial charge is 0.497 e. The molecular weight excluding hydrogens is 230 g/mol. The molecule has 1 aromatic carbocycles. The van der Waals surface area contributed by atoms with E-state index in [1.165, 1.54) is 0 Å². The predicted molar refractivity (Wildman–Crippen MR) is 69.7 cm³/mol. The van der Waals surface area contributed by atoms with E-state index in [-0.39, 0.29) is 0 Å². The maximum atomic E-state index is 10.2. The first kappa shape index (κ1) is 13.3. The molecule has 0 saturated carbocycles. The molecule has 1 aliphatic heterocycles. The van der Waals surface area contributed by atoms with Crippen LogP contribution in [0, 0.1) is 0 Å². The molecule has 0 aliphatic carbocycles. The maximum Gasteiger partial charge on any atom is 0.118 e. The fourth-order valence-electron chi connectivity index (χ4n) is 2.12. The molecule has 100 valence electrons. The fraction of sp³-hybridized carbons (Fsp3) is 0.571. The molecule has 0 unspecified atom stereocenters. The Bertz CT molecular complexity index is 358. The summed E-state index contributed by atoms with van der Waals surface area (Å²) < 4.78 is 10.7. The number of rotatable bonds is 5. The highest BCUT2D eigenvalue weighted by molar-refractivity contribution is 5.26. The first-order chi connectivity index (χ1) is 8.72. The van der Waals surface area contributed by atoms with Gasteiger partial charge >= 0.3 is 0 Å². The standard InChI is InChI=1S/C14H21NO3/c1-17-13-4-2-12(3-5-13)10-18-11-14(16)6-8-15-9-7-14/h2-5,15-16H,6-11H2,1H3. The lowest BCUT2D eigenvalue weighted by molar-refractivity contribution is -0.0687. The SMILES string of the molecule is COc1ccc(COCC2(O)CCNCC2)cc1. The molecule has 2 rings (SSSR count). The summed E-state index contributed by atoms with van der Waals surface area (Å²) in [7, 11) is 1.65. The molecule has 0 aromatic heterocycles. The van der Waals surface area contributed by atoms with E-state index in [4.69, 9.17) is 9.47 Å². The van der Waals surface area contributed by atoms with Gasteiger partial charge < -0.3 is 19.9 Å². The van der Waals surface area contributed by atoms with Gasteiger partial charge in [0.05, 0.1) is 25.9 Å². The van der Waals surface area contributed by atoms with E-state index >= 15 is 0 Å². The van der Waals surface area contributed by atoms with Crippen LogP contribution in [0.4, 0.5) is 0 Å². The number of nitrogens with one attached hydrogen (secondary N) is 1. The Labute approximate surface area is 108 Å². The zero-order valence-corrected chi connectivity index (χ0v) is 10.8. The molecule has 0 atom stereocenters. The van der Waals surface area contributed by atoms with E-state index in [0.29, 0.717) is 13.2 Å². The number of methoxy groups -OCH3 is 1. The van der Waals surface area contributed by atoms with E-state index in [1.807, 2.05) is 24.3 Å². The molecule has 4 nitrogen and oxygen atoms in total. The number of aliphatic hydroxyl groups is 1. The highest BCUT2D eigenvalue weighted by atomic mass is 16.5. The highest BCUT2D eigenvalue weighted by Crippen LogP contribution is 2.19. The van der Waals surface area contributed by atoms with Crippen molar-refractivity contribution >= 4 is 0 Å². The molecule has 1 heterocycles. The van der Waals surface area contributed by atoms with Gasteiger partial charge in [0, 0.05) is 0 Å². The normalized spacial score (nSPS) is 18.6. The average Bonchev–Trinajstić information content (AvgIpc) is 2.40. The van der Waals surface area contributed by atoms with Crippen molar-refractivity contribution in [2.24, 2.45) is 0 Å². The minimum Gasteiger partial charge on any atom is -0.497 e. The van der Waals surface area contributed by atoms with Gasteiger partial charge in [0.2, 0.25) is 0 Å². The van der Waals surface area contributed by atoms with Gasteiger partial charge in [-0.3, -0.25) is 0 Å². The topological polar surface area (TPSA) is 50.7 Å². The summed E-state index contributed by atoms with van der Waals surface area (Å²) in [5, 5.41) is 13.5. The number of hydrogen-bond donors (Lipinski definition) is 2. The Morgan fingerprint density at radius 3 is 2.50 bits per heavy atom. The van der Waals surface area contributed by atoms with Crippen LogP contribution in [-0.2, 0) is 11.3 Å². The minimum absolute atomic E-state index is 0.403. The van der Waals surface area contributed by atoms with Gasteiger partial charge in [-0.05, 0) is 43.6 Å². The lowest BCUT2D eigenvalue weighted by Crippen LogP contribution is -2.45. The lowest BCUT2D eigenvalue weighted by atomic mass is 9.94. The van der Waals surface area contributed by atoms with Crippen LogP contribution < -0.4 is 10.1 Å². The monoisotopic (exact) mass is 251 g/mol. The van der Waals surface area contributed by atoms with E-state index in [9.17, 15) is 5.11 Å². The van der Waals surface area contributed by atoms with E-state index in [0.717, 1.165) is 37.2 Å². The minimum atomic E-state index is -0.655. The van der Waals surface area contributed by atoms with Crippen molar-refractivity contribution in [1.82, 2.24) is 5.32 Å². The fourth-order valence-corrected chi connectivity index (χ4v) is 2.12. The highest BCUT2D eigenvalue weighted by Gasteiger charge is 2.29. The molecule has 0 spiro atoms. The third-order valence-corrected chi connectivity index (χ3v) is 3.33. The molecule has 0 radical (unpaired) electrons. The van der Waals surface area contributed by atoms with Crippen LogP contribution in [0.15, 0.2) is 24.3 Å². The molecule has 2 N–H and O–H groups in total. The Kier molecular flexibility index (Phi) is 4.58. The van der Waals surface area contributed by atoms with Gasteiger partial charge in [0.25, 0.3) is 0 Å². The van der Waals surface area contributed by atoms with E-state index < -0.39 is 5.60 Å². The van der Waals surface area contributed by atoms with Gasteiger partial charge in [-0.1, -0.05) is 12.1 Å². The predicted octanol–water partition coefficient (Wildman–Crippen LogP) is 1.33. The third-order valence-electron chi connectivity index (χ3n) is 3.33. The van der Waals surface area contributed by atoms with Crippen LogP contribution in [0.5, 0.6) is 5.75 Å². The zero-order chi connectivity index (χ0) is 12.8. The molecular formula is C14H21NO3. The summed E-state index contributed by atoms with van der Waals surface area (Å²) in [6.45, 7) is 2.66. The van der Waals surface area contributed by atoms with Gasteiger partial charge in [-0.25, -0.2) is 0 Å². The molecule has 1 fully saturated rings. The van der Waals surface area contributed by atoms with Crippen molar-refractivity contribution in [3.05, 3.63) is 29.8 Å². The summed E-state index contributed by atoms with van der Waals surface area (Å²) in [6, 6.07) is 7.78. The molecule has 0 bridgehead atoms. The Balaban J connectivity index is 1.77. The van der Waals surface area contributed by atoms with Gasteiger partial charge in [0.1, 0.15) is 5.75 Å². The molecule has 18 heavy (non-hydrogen) atoms. The number of hydrogen-bond acceptors (Lipinski definition) is 4. The second-order valence-corrected chi connectivity index (χ2v) is 4.82. The first-order valence-electron chi connectivity index (χ1n) is 6.36. The average molecular weight is 251 g/mol. The second kappa shape index (κ2) is 6.18. The van der Waals surface area contributed by atoms with Crippen LogP contribution in [0.3, 0.4) is 0 Å². The van der Waals surface area contributed by atoms with Crippen molar-refractivity contribution in [3.63, 3.8) is 0 Å². The molecule has 4 heteroatoms. The quantitative estimate of drug-likeness (QED) is 0.829. The second-order valence-electron chi connectivity index (χ2n) is 4.82. The lowest BCUT2D eigenvalue weighted by Gasteiger charge is -2.32. The molecule has 1 aromatic rings. The number of piperidine rings is 1. The summed E-state index contributed by atoms with van der Waals surface area (Å²) in [4.78, 5) is 0. The van der Waals surface area contributed by atoms with Crippen LogP contribution in [-0.4, -0.2) is 37.5 Å². The van der Waals surface area contributed by atoms with Crippen molar-refractivity contribution in [3.8, 4) is 5.75 Å². The van der Waals surface area contributed by atoms with Gasteiger partial charge in [-0.2, -0.15) is 0 Å². The first-order valence-corrected chi connectivity index (χ1v) is 6.36. The molecule has 1 aliphatic rings. The number of ether oxygens (including phenoxy) is 2. The summed E-state index contributed by atoms with van der Waals surface area (Å²) >= 11 is 0. The smallest absolute Gasteiger partial charge is 0.118 e. The van der Waals surface area contributed by atoms with Crippen LogP contribution in [0.25, 0.3) is 0 Å².